The zero-order valence-electron chi connectivity index (χ0n) is 13.2. The molecule has 124 valence electrons. The second-order valence-electron chi connectivity index (χ2n) is 5.57. The van der Waals surface area contributed by atoms with Crippen LogP contribution in [0.3, 0.4) is 0 Å². The average Bonchev–Trinajstić information content (AvgIpc) is 3.23. The molecule has 0 aliphatic heterocycles. The molecule has 0 spiro atoms. The molecule has 0 unspecified atom stereocenters. The summed E-state index contributed by atoms with van der Waals surface area (Å²) in [7, 11) is 0. The smallest absolute Gasteiger partial charge is 0.247 e. The minimum absolute atomic E-state index is 0.104. The number of hydrogen-bond acceptors (Lipinski definition) is 5. The molecule has 2 heterocycles. The van der Waals surface area contributed by atoms with Crippen molar-refractivity contribution in [2.75, 3.05) is 11.1 Å². The third kappa shape index (κ3) is 3.22. The average molecular weight is 349 g/mol. The number of nitrogens with zero attached hydrogens (tertiary/aromatic N) is 3. The molecule has 3 N–H and O–H groups in total. The molecule has 0 aliphatic carbocycles. The molecule has 7 heteroatoms. The maximum atomic E-state index is 12.3. The zero-order chi connectivity index (χ0) is 17.2. The van der Waals surface area contributed by atoms with Crippen LogP contribution in [0.5, 0.6) is 0 Å². The number of nitrogen functional groups attached to an aromatic ring is 1. The van der Waals surface area contributed by atoms with Crippen LogP contribution in [-0.2, 0) is 11.3 Å². The highest BCUT2D eigenvalue weighted by Gasteiger charge is 2.11. The molecule has 4 aromatic rings. The SMILES string of the molecule is Nc1ccc2cnn(CC(=O)Nc3nc(-c4ccccc4)cs3)c2c1. The van der Waals surface area contributed by atoms with Crippen LogP contribution in [-0.4, -0.2) is 20.7 Å². The molecule has 0 atom stereocenters. The van der Waals surface area contributed by atoms with Gasteiger partial charge in [0.15, 0.2) is 5.13 Å². The van der Waals surface area contributed by atoms with Crippen molar-refractivity contribution in [1.29, 1.82) is 0 Å². The Labute approximate surface area is 147 Å². The Bertz CT molecular complexity index is 1040. The van der Waals surface area contributed by atoms with E-state index < -0.39 is 0 Å². The first-order valence-corrected chi connectivity index (χ1v) is 8.59. The second kappa shape index (κ2) is 6.37. The van der Waals surface area contributed by atoms with Crippen LogP contribution in [0.25, 0.3) is 22.2 Å². The number of thiazole rings is 1. The van der Waals surface area contributed by atoms with Crippen LogP contribution in [0.2, 0.25) is 0 Å². The molecule has 2 aromatic heterocycles. The van der Waals surface area contributed by atoms with E-state index in [0.29, 0.717) is 10.8 Å². The predicted octanol–water partition coefficient (Wildman–Crippen LogP) is 3.38. The fourth-order valence-corrected chi connectivity index (χ4v) is 3.32. The molecule has 0 bridgehead atoms. The number of hydrogen-bond donors (Lipinski definition) is 2. The van der Waals surface area contributed by atoms with Crippen molar-refractivity contribution in [2.45, 2.75) is 6.54 Å². The number of aromatic nitrogens is 3. The highest BCUT2D eigenvalue weighted by Crippen LogP contribution is 2.24. The topological polar surface area (TPSA) is 85.8 Å². The molecule has 0 saturated heterocycles. The first-order valence-electron chi connectivity index (χ1n) is 7.71. The number of carbonyl (C=O) groups is 1. The Morgan fingerprint density at radius 1 is 1.20 bits per heavy atom. The number of anilines is 2. The Morgan fingerprint density at radius 3 is 2.88 bits per heavy atom. The highest BCUT2D eigenvalue weighted by atomic mass is 32.1. The summed E-state index contributed by atoms with van der Waals surface area (Å²) in [6, 6.07) is 15.4. The molecule has 25 heavy (non-hydrogen) atoms. The maximum absolute atomic E-state index is 12.3. The maximum Gasteiger partial charge on any atom is 0.247 e. The quantitative estimate of drug-likeness (QED) is 0.553. The van der Waals surface area contributed by atoms with Crippen molar-refractivity contribution in [3.63, 3.8) is 0 Å². The Kier molecular flexibility index (Phi) is 3.91. The summed E-state index contributed by atoms with van der Waals surface area (Å²) in [5.74, 6) is -0.179. The van der Waals surface area contributed by atoms with E-state index in [-0.39, 0.29) is 12.5 Å². The van der Waals surface area contributed by atoms with Gasteiger partial charge in [0.05, 0.1) is 17.4 Å². The molecule has 0 saturated carbocycles. The molecule has 0 aliphatic rings. The van der Waals surface area contributed by atoms with E-state index >= 15 is 0 Å². The van der Waals surface area contributed by atoms with Crippen molar-refractivity contribution in [2.24, 2.45) is 0 Å². The molecule has 6 nitrogen and oxygen atoms in total. The van der Waals surface area contributed by atoms with Gasteiger partial charge in [-0.25, -0.2) is 4.98 Å². The van der Waals surface area contributed by atoms with Crippen molar-refractivity contribution < 1.29 is 4.79 Å². The summed E-state index contributed by atoms with van der Waals surface area (Å²) in [6.07, 6.45) is 1.72. The zero-order valence-corrected chi connectivity index (χ0v) is 14.0. The molecule has 2 aromatic carbocycles. The lowest BCUT2D eigenvalue weighted by Crippen LogP contribution is -2.19. The number of benzene rings is 2. The van der Waals surface area contributed by atoms with Gasteiger partial charge in [-0.2, -0.15) is 5.10 Å². The third-order valence-corrected chi connectivity index (χ3v) is 4.54. The lowest BCUT2D eigenvalue weighted by atomic mass is 10.2. The lowest BCUT2D eigenvalue weighted by molar-refractivity contribution is -0.116. The summed E-state index contributed by atoms with van der Waals surface area (Å²) in [5.41, 5.74) is 9.15. The minimum Gasteiger partial charge on any atom is -0.399 e. The van der Waals surface area contributed by atoms with Crippen molar-refractivity contribution >= 4 is 39.0 Å². The van der Waals surface area contributed by atoms with E-state index in [1.807, 2.05) is 53.9 Å². The first kappa shape index (κ1) is 15.3. The van der Waals surface area contributed by atoms with E-state index in [4.69, 9.17) is 5.73 Å². The fraction of sp³-hybridized carbons (Fsp3) is 0.0556. The van der Waals surface area contributed by atoms with Crippen molar-refractivity contribution in [3.05, 3.63) is 60.1 Å². The van der Waals surface area contributed by atoms with Crippen LogP contribution in [0.1, 0.15) is 0 Å². The van der Waals surface area contributed by atoms with E-state index in [9.17, 15) is 4.79 Å². The molecular formula is C18H15N5OS. The van der Waals surface area contributed by atoms with Gasteiger partial charge in [0.2, 0.25) is 5.91 Å². The van der Waals surface area contributed by atoms with Crippen LogP contribution in [0.4, 0.5) is 10.8 Å². The van der Waals surface area contributed by atoms with Gasteiger partial charge >= 0.3 is 0 Å². The molecule has 1 amide bonds. The summed E-state index contributed by atoms with van der Waals surface area (Å²) in [5, 5.41) is 10.5. The Hall–Kier alpha value is -3.19. The van der Waals surface area contributed by atoms with E-state index in [2.05, 4.69) is 15.4 Å². The van der Waals surface area contributed by atoms with Gasteiger partial charge in [-0.1, -0.05) is 30.3 Å². The third-order valence-electron chi connectivity index (χ3n) is 3.78. The Morgan fingerprint density at radius 2 is 2.04 bits per heavy atom. The lowest BCUT2D eigenvalue weighted by Gasteiger charge is -2.04. The summed E-state index contributed by atoms with van der Waals surface area (Å²) >= 11 is 1.40. The number of rotatable bonds is 4. The summed E-state index contributed by atoms with van der Waals surface area (Å²) in [4.78, 5) is 16.8. The standard InChI is InChI=1S/C18H15N5OS/c19-14-7-6-13-9-20-23(16(13)8-14)10-17(24)22-18-21-15(11-25-18)12-4-2-1-3-5-12/h1-9,11H,10,19H2,(H,21,22,24). The van der Waals surface area contributed by atoms with Gasteiger partial charge in [-0.05, 0) is 18.2 Å². The number of nitrogens with two attached hydrogens (primary N) is 1. The van der Waals surface area contributed by atoms with Crippen LogP contribution in [0.15, 0.2) is 60.1 Å². The van der Waals surface area contributed by atoms with Gasteiger partial charge in [0.25, 0.3) is 0 Å². The first-order chi connectivity index (χ1) is 12.2. The molecule has 0 fully saturated rings. The van der Waals surface area contributed by atoms with Crippen LogP contribution < -0.4 is 11.1 Å². The van der Waals surface area contributed by atoms with E-state index in [1.54, 1.807) is 10.9 Å². The number of amides is 1. The van der Waals surface area contributed by atoms with E-state index in [0.717, 1.165) is 22.2 Å². The summed E-state index contributed by atoms with van der Waals surface area (Å²) < 4.78 is 1.63. The second-order valence-corrected chi connectivity index (χ2v) is 6.43. The fourth-order valence-electron chi connectivity index (χ4n) is 2.58. The van der Waals surface area contributed by atoms with E-state index in [1.165, 1.54) is 11.3 Å². The largest absolute Gasteiger partial charge is 0.399 e. The van der Waals surface area contributed by atoms with Crippen LogP contribution in [0, 0.1) is 0 Å². The van der Waals surface area contributed by atoms with Gasteiger partial charge in [0, 0.05) is 22.0 Å². The highest BCUT2D eigenvalue weighted by molar-refractivity contribution is 7.14. The summed E-state index contributed by atoms with van der Waals surface area (Å²) in [6.45, 7) is 0.104. The van der Waals surface area contributed by atoms with Crippen LogP contribution >= 0.6 is 11.3 Å². The predicted molar refractivity (Wildman–Crippen MR) is 100 cm³/mol. The molecular weight excluding hydrogens is 334 g/mol. The number of fused-ring (bicyclic) bond motifs is 1. The number of nitrogens with one attached hydrogen (secondary N) is 1. The van der Waals surface area contributed by atoms with Gasteiger partial charge in [-0.3, -0.25) is 9.48 Å². The van der Waals surface area contributed by atoms with Crippen molar-refractivity contribution in [3.8, 4) is 11.3 Å². The molecule has 4 rings (SSSR count). The van der Waals surface area contributed by atoms with Gasteiger partial charge < -0.3 is 11.1 Å². The van der Waals surface area contributed by atoms with Gasteiger partial charge in [0.1, 0.15) is 6.54 Å². The normalized spacial score (nSPS) is 10.9. The monoisotopic (exact) mass is 349 g/mol. The molecule has 0 radical (unpaired) electrons. The van der Waals surface area contributed by atoms with Gasteiger partial charge in [-0.15, -0.1) is 11.3 Å². The number of carbonyl (C=O) groups excluding carboxylic acids is 1. The minimum atomic E-state index is -0.179. The Balaban J connectivity index is 1.49. The van der Waals surface area contributed by atoms with Crippen molar-refractivity contribution in [1.82, 2.24) is 14.8 Å².